The molecule has 1 N–H and O–H groups in total. The Morgan fingerprint density at radius 3 is 2.31 bits per heavy atom. The van der Waals surface area contributed by atoms with Gasteiger partial charge in [0.25, 0.3) is 0 Å². The third-order valence-electron chi connectivity index (χ3n) is 2.54. The molecule has 0 heterocycles. The Morgan fingerprint density at radius 1 is 1.06 bits per heavy atom. The van der Waals surface area contributed by atoms with Gasteiger partial charge in [0.2, 0.25) is 0 Å². The molecule has 0 aliphatic heterocycles. The van der Waals surface area contributed by atoms with Crippen molar-refractivity contribution in [3.05, 3.63) is 12.2 Å². The molecule has 0 bridgehead atoms. The van der Waals surface area contributed by atoms with Crippen molar-refractivity contribution >= 4 is 5.97 Å². The van der Waals surface area contributed by atoms with Gasteiger partial charge in [-0.05, 0) is 31.6 Å². The van der Waals surface area contributed by atoms with Crippen molar-refractivity contribution in [2.75, 3.05) is 0 Å². The maximum absolute atomic E-state index is 10.3. The average molecular weight is 226 g/mol. The number of aliphatic carboxylic acids is 1. The summed E-state index contributed by atoms with van der Waals surface area (Å²) in [4.78, 5) is 10.3. The number of carbonyl (C=O) groups is 1. The molecule has 2 heteroatoms. The maximum atomic E-state index is 10.3. The molecule has 0 aromatic heterocycles. The van der Waals surface area contributed by atoms with Crippen LogP contribution in [0.1, 0.15) is 65.2 Å². The van der Waals surface area contributed by atoms with Crippen molar-refractivity contribution < 1.29 is 9.90 Å². The van der Waals surface area contributed by atoms with Gasteiger partial charge in [-0.15, -0.1) is 0 Å². The molecule has 0 aromatic rings. The van der Waals surface area contributed by atoms with E-state index < -0.39 is 5.97 Å². The fourth-order valence-electron chi connectivity index (χ4n) is 1.55. The van der Waals surface area contributed by atoms with Gasteiger partial charge in [0.05, 0.1) is 0 Å². The second kappa shape index (κ2) is 10.7. The lowest BCUT2D eigenvalue weighted by molar-refractivity contribution is -0.137. The summed E-state index contributed by atoms with van der Waals surface area (Å²) >= 11 is 0. The highest BCUT2D eigenvalue weighted by atomic mass is 16.4. The molecule has 0 unspecified atom stereocenters. The number of allylic oxidation sites excluding steroid dienone is 2. The van der Waals surface area contributed by atoms with Crippen LogP contribution in [0.15, 0.2) is 12.2 Å². The van der Waals surface area contributed by atoms with Gasteiger partial charge in [-0.2, -0.15) is 0 Å². The Kier molecular flexibility index (Phi) is 10.2. The topological polar surface area (TPSA) is 37.3 Å². The first-order valence-electron chi connectivity index (χ1n) is 6.49. The summed E-state index contributed by atoms with van der Waals surface area (Å²) < 4.78 is 0. The van der Waals surface area contributed by atoms with E-state index in [1.165, 1.54) is 32.1 Å². The summed E-state index contributed by atoms with van der Waals surface area (Å²) in [5, 5.41) is 8.45. The standard InChI is InChI=1S/C14H26O2/c1-13(2)11-9-7-5-3-4-6-8-10-12-14(15)16/h7,9,13H,3-6,8,10-12H2,1-2H3,(H,15,16). The van der Waals surface area contributed by atoms with Gasteiger partial charge in [-0.25, -0.2) is 0 Å². The molecule has 0 spiro atoms. The first-order valence-corrected chi connectivity index (χ1v) is 6.49. The van der Waals surface area contributed by atoms with E-state index in [1.807, 2.05) is 0 Å². The number of hydrogen-bond acceptors (Lipinski definition) is 1. The minimum atomic E-state index is -0.670. The fourth-order valence-corrected chi connectivity index (χ4v) is 1.55. The molecule has 0 aliphatic rings. The van der Waals surface area contributed by atoms with Crippen LogP contribution in [0.25, 0.3) is 0 Å². The van der Waals surface area contributed by atoms with Crippen molar-refractivity contribution in [1.29, 1.82) is 0 Å². The Hall–Kier alpha value is -0.790. The zero-order valence-corrected chi connectivity index (χ0v) is 10.7. The van der Waals surface area contributed by atoms with Crippen molar-refractivity contribution in [1.82, 2.24) is 0 Å². The van der Waals surface area contributed by atoms with E-state index in [0.29, 0.717) is 6.42 Å². The quantitative estimate of drug-likeness (QED) is 0.442. The normalized spacial score (nSPS) is 11.4. The Labute approximate surface area is 99.7 Å². The molecule has 94 valence electrons. The lowest BCUT2D eigenvalue weighted by Gasteiger charge is -1.99. The second-order valence-electron chi connectivity index (χ2n) is 4.80. The molecular weight excluding hydrogens is 200 g/mol. The molecule has 0 aliphatic carbocycles. The molecule has 0 aromatic carbocycles. The number of hydrogen-bond donors (Lipinski definition) is 1. The lowest BCUT2D eigenvalue weighted by Crippen LogP contribution is -1.93. The highest BCUT2D eigenvalue weighted by Gasteiger charge is 1.95. The molecule has 0 atom stereocenters. The van der Waals surface area contributed by atoms with Crippen molar-refractivity contribution in [2.24, 2.45) is 5.92 Å². The zero-order chi connectivity index (χ0) is 12.2. The highest BCUT2D eigenvalue weighted by molar-refractivity contribution is 5.66. The third-order valence-corrected chi connectivity index (χ3v) is 2.54. The second-order valence-corrected chi connectivity index (χ2v) is 4.80. The monoisotopic (exact) mass is 226 g/mol. The van der Waals surface area contributed by atoms with Gasteiger partial charge < -0.3 is 5.11 Å². The third kappa shape index (κ3) is 13.2. The molecule has 16 heavy (non-hydrogen) atoms. The summed E-state index contributed by atoms with van der Waals surface area (Å²) in [5.74, 6) is 0.0869. The minimum Gasteiger partial charge on any atom is -0.481 e. The molecule has 0 saturated carbocycles. The van der Waals surface area contributed by atoms with Gasteiger partial charge >= 0.3 is 5.97 Å². The van der Waals surface area contributed by atoms with Crippen LogP contribution < -0.4 is 0 Å². The van der Waals surface area contributed by atoms with Gasteiger partial charge in [0, 0.05) is 6.42 Å². The van der Waals surface area contributed by atoms with Crippen molar-refractivity contribution in [3.8, 4) is 0 Å². The molecule has 0 amide bonds. The number of unbranched alkanes of at least 4 members (excludes halogenated alkanes) is 5. The molecule has 0 radical (unpaired) electrons. The fraction of sp³-hybridized carbons (Fsp3) is 0.786. The van der Waals surface area contributed by atoms with Crippen LogP contribution in [0.2, 0.25) is 0 Å². The van der Waals surface area contributed by atoms with Crippen LogP contribution in [0.4, 0.5) is 0 Å². The smallest absolute Gasteiger partial charge is 0.303 e. The zero-order valence-electron chi connectivity index (χ0n) is 10.7. The predicted octanol–water partition coefficient (Wildman–Crippen LogP) is 4.40. The number of carboxylic acid groups (broad SMARTS) is 1. The molecule has 2 nitrogen and oxygen atoms in total. The minimum absolute atomic E-state index is 0.328. The van der Waals surface area contributed by atoms with E-state index in [2.05, 4.69) is 26.0 Å². The number of rotatable bonds is 10. The van der Waals surface area contributed by atoms with Gasteiger partial charge in [-0.1, -0.05) is 45.3 Å². The van der Waals surface area contributed by atoms with Crippen molar-refractivity contribution in [2.45, 2.75) is 65.2 Å². The lowest BCUT2D eigenvalue weighted by atomic mass is 10.1. The van der Waals surface area contributed by atoms with E-state index in [0.717, 1.165) is 18.8 Å². The first-order chi connectivity index (χ1) is 7.63. The van der Waals surface area contributed by atoms with E-state index in [-0.39, 0.29) is 0 Å². The summed E-state index contributed by atoms with van der Waals surface area (Å²) in [6.45, 7) is 4.46. The maximum Gasteiger partial charge on any atom is 0.303 e. The van der Waals surface area contributed by atoms with Crippen LogP contribution in [0, 0.1) is 5.92 Å². The van der Waals surface area contributed by atoms with Gasteiger partial charge in [-0.3, -0.25) is 4.79 Å². The molecule has 0 rings (SSSR count). The van der Waals surface area contributed by atoms with E-state index >= 15 is 0 Å². The number of carboxylic acids is 1. The van der Waals surface area contributed by atoms with E-state index in [4.69, 9.17) is 5.11 Å². The van der Waals surface area contributed by atoms with Crippen LogP contribution in [0.5, 0.6) is 0 Å². The molecular formula is C14H26O2. The summed E-state index contributed by atoms with van der Waals surface area (Å²) in [6.07, 6.45) is 12.8. The largest absolute Gasteiger partial charge is 0.481 e. The van der Waals surface area contributed by atoms with Crippen molar-refractivity contribution in [3.63, 3.8) is 0 Å². The Bertz CT molecular complexity index is 195. The van der Waals surface area contributed by atoms with Gasteiger partial charge in [0.1, 0.15) is 0 Å². The summed E-state index contributed by atoms with van der Waals surface area (Å²) in [7, 11) is 0. The van der Waals surface area contributed by atoms with Crippen LogP contribution >= 0.6 is 0 Å². The van der Waals surface area contributed by atoms with Gasteiger partial charge in [0.15, 0.2) is 0 Å². The summed E-state index contributed by atoms with van der Waals surface area (Å²) in [5.41, 5.74) is 0. The van der Waals surface area contributed by atoms with E-state index in [9.17, 15) is 4.79 Å². The molecule has 0 saturated heterocycles. The molecule has 0 fully saturated rings. The first kappa shape index (κ1) is 15.2. The Morgan fingerprint density at radius 2 is 1.69 bits per heavy atom. The van der Waals surface area contributed by atoms with E-state index in [1.54, 1.807) is 0 Å². The van der Waals surface area contributed by atoms with Crippen LogP contribution in [-0.2, 0) is 4.79 Å². The highest BCUT2D eigenvalue weighted by Crippen LogP contribution is 2.08. The summed E-state index contributed by atoms with van der Waals surface area (Å²) in [6, 6.07) is 0. The van der Waals surface area contributed by atoms with Crippen LogP contribution in [0.3, 0.4) is 0 Å². The SMILES string of the molecule is CC(C)CC=CCCCCCCCC(=O)O. The Balaban J connectivity index is 3.09. The van der Waals surface area contributed by atoms with Crippen LogP contribution in [-0.4, -0.2) is 11.1 Å². The average Bonchev–Trinajstić information content (AvgIpc) is 2.20. The predicted molar refractivity (Wildman–Crippen MR) is 68.5 cm³/mol.